The Labute approximate surface area is 125 Å². The number of nitrogens with two attached hydrogens (primary N) is 1. The first kappa shape index (κ1) is 15.5. The number of benzene rings is 1. The van der Waals surface area contributed by atoms with Crippen molar-refractivity contribution < 1.29 is 8.42 Å². The zero-order chi connectivity index (χ0) is 15.5. The standard InChI is InChI=1S/C15H19N3O2S/c1-11(2)12-4-3-5-13(8-12)18-21(19,20)15-7-6-14(9-16)17-10-15/h3-8,10-11,18H,9,16H2,1-2H3. The summed E-state index contributed by atoms with van der Waals surface area (Å²) in [5.41, 5.74) is 7.72. The second kappa shape index (κ2) is 6.24. The molecular formula is C15H19N3O2S. The summed E-state index contributed by atoms with van der Waals surface area (Å²) < 4.78 is 27.2. The lowest BCUT2D eigenvalue weighted by Crippen LogP contribution is -2.14. The van der Waals surface area contributed by atoms with Gasteiger partial charge in [0.2, 0.25) is 0 Å². The van der Waals surface area contributed by atoms with Crippen molar-refractivity contribution in [3.63, 3.8) is 0 Å². The maximum absolute atomic E-state index is 12.3. The van der Waals surface area contributed by atoms with Gasteiger partial charge in [0.15, 0.2) is 0 Å². The number of sulfonamides is 1. The maximum Gasteiger partial charge on any atom is 0.263 e. The van der Waals surface area contributed by atoms with Crippen LogP contribution in [0.1, 0.15) is 31.0 Å². The Morgan fingerprint density at radius 1 is 1.24 bits per heavy atom. The van der Waals surface area contributed by atoms with E-state index in [4.69, 9.17) is 5.73 Å². The van der Waals surface area contributed by atoms with Gasteiger partial charge in [-0.3, -0.25) is 9.71 Å². The molecule has 0 atom stereocenters. The minimum absolute atomic E-state index is 0.120. The number of rotatable bonds is 5. The van der Waals surface area contributed by atoms with Gasteiger partial charge in [-0.05, 0) is 35.7 Å². The number of anilines is 1. The summed E-state index contributed by atoms with van der Waals surface area (Å²) in [5.74, 6) is 0.333. The smallest absolute Gasteiger partial charge is 0.263 e. The third kappa shape index (κ3) is 3.80. The topological polar surface area (TPSA) is 85.1 Å². The van der Waals surface area contributed by atoms with Crippen LogP contribution in [0.25, 0.3) is 0 Å². The molecule has 2 aromatic rings. The van der Waals surface area contributed by atoms with Crippen molar-refractivity contribution in [1.82, 2.24) is 4.98 Å². The highest BCUT2D eigenvalue weighted by Gasteiger charge is 2.15. The Kier molecular flexibility index (Phi) is 4.59. The molecule has 1 heterocycles. The Balaban J connectivity index is 2.26. The molecule has 112 valence electrons. The molecular weight excluding hydrogens is 286 g/mol. The second-order valence-electron chi connectivity index (χ2n) is 5.08. The molecule has 0 unspecified atom stereocenters. The summed E-state index contributed by atoms with van der Waals surface area (Å²) in [4.78, 5) is 4.13. The van der Waals surface area contributed by atoms with Crippen molar-refractivity contribution in [3.05, 3.63) is 53.9 Å². The van der Waals surface area contributed by atoms with Crippen LogP contribution in [0.5, 0.6) is 0 Å². The van der Waals surface area contributed by atoms with E-state index >= 15 is 0 Å². The van der Waals surface area contributed by atoms with Crippen molar-refractivity contribution in [2.75, 3.05) is 4.72 Å². The van der Waals surface area contributed by atoms with E-state index in [0.29, 0.717) is 17.3 Å². The zero-order valence-electron chi connectivity index (χ0n) is 12.1. The molecule has 0 saturated heterocycles. The fraction of sp³-hybridized carbons (Fsp3) is 0.267. The molecule has 1 aromatic carbocycles. The summed E-state index contributed by atoms with van der Waals surface area (Å²) in [6, 6.07) is 10.5. The molecule has 0 fully saturated rings. The van der Waals surface area contributed by atoms with Crippen LogP contribution in [-0.4, -0.2) is 13.4 Å². The molecule has 1 aromatic heterocycles. The summed E-state index contributed by atoms with van der Waals surface area (Å²) in [5, 5.41) is 0. The number of pyridine rings is 1. The van der Waals surface area contributed by atoms with E-state index < -0.39 is 10.0 Å². The molecule has 0 aliphatic heterocycles. The Hall–Kier alpha value is -1.92. The molecule has 5 nitrogen and oxygen atoms in total. The number of hydrogen-bond donors (Lipinski definition) is 2. The van der Waals surface area contributed by atoms with Gasteiger partial charge in [-0.1, -0.05) is 26.0 Å². The quantitative estimate of drug-likeness (QED) is 0.888. The summed E-state index contributed by atoms with van der Waals surface area (Å²) in [6.07, 6.45) is 1.32. The predicted molar refractivity (Wildman–Crippen MR) is 83.5 cm³/mol. The van der Waals surface area contributed by atoms with Crippen LogP contribution < -0.4 is 10.5 Å². The third-order valence-corrected chi connectivity index (χ3v) is 4.49. The van der Waals surface area contributed by atoms with Crippen LogP contribution in [0, 0.1) is 0 Å². The van der Waals surface area contributed by atoms with Crippen molar-refractivity contribution in [3.8, 4) is 0 Å². The summed E-state index contributed by atoms with van der Waals surface area (Å²) in [7, 11) is -3.63. The van der Waals surface area contributed by atoms with Gasteiger partial charge in [0, 0.05) is 18.4 Å². The average molecular weight is 305 g/mol. The molecule has 0 aliphatic rings. The Bertz CT molecular complexity index is 710. The van der Waals surface area contributed by atoms with Gasteiger partial charge in [0.1, 0.15) is 4.90 Å². The van der Waals surface area contributed by atoms with Crippen LogP contribution in [0.3, 0.4) is 0 Å². The van der Waals surface area contributed by atoms with E-state index in [1.54, 1.807) is 12.1 Å². The summed E-state index contributed by atoms with van der Waals surface area (Å²) >= 11 is 0. The number of hydrogen-bond acceptors (Lipinski definition) is 4. The lowest BCUT2D eigenvalue weighted by atomic mass is 10.0. The molecule has 2 rings (SSSR count). The molecule has 0 radical (unpaired) electrons. The second-order valence-corrected chi connectivity index (χ2v) is 6.76. The first-order valence-electron chi connectivity index (χ1n) is 6.70. The van der Waals surface area contributed by atoms with Crippen molar-refractivity contribution in [2.45, 2.75) is 31.2 Å². The minimum Gasteiger partial charge on any atom is -0.325 e. The van der Waals surface area contributed by atoms with Crippen LogP contribution in [-0.2, 0) is 16.6 Å². The third-order valence-electron chi connectivity index (χ3n) is 3.12. The normalized spacial score (nSPS) is 11.6. The van der Waals surface area contributed by atoms with Crippen molar-refractivity contribution >= 4 is 15.7 Å². The van der Waals surface area contributed by atoms with Gasteiger partial charge in [-0.2, -0.15) is 0 Å². The van der Waals surface area contributed by atoms with Gasteiger partial charge in [-0.25, -0.2) is 8.42 Å². The minimum atomic E-state index is -3.63. The maximum atomic E-state index is 12.3. The monoisotopic (exact) mass is 305 g/mol. The Morgan fingerprint density at radius 2 is 2.00 bits per heavy atom. The van der Waals surface area contributed by atoms with E-state index in [9.17, 15) is 8.42 Å². The van der Waals surface area contributed by atoms with E-state index in [1.165, 1.54) is 12.3 Å². The first-order valence-corrected chi connectivity index (χ1v) is 8.18. The van der Waals surface area contributed by atoms with Crippen LogP contribution in [0.4, 0.5) is 5.69 Å². The van der Waals surface area contributed by atoms with E-state index in [2.05, 4.69) is 23.6 Å². The van der Waals surface area contributed by atoms with E-state index in [0.717, 1.165) is 5.56 Å². The zero-order valence-corrected chi connectivity index (χ0v) is 12.9. The lowest BCUT2D eigenvalue weighted by Gasteiger charge is -2.11. The van der Waals surface area contributed by atoms with E-state index in [-0.39, 0.29) is 11.4 Å². The lowest BCUT2D eigenvalue weighted by molar-refractivity contribution is 0.600. The average Bonchev–Trinajstić information content (AvgIpc) is 2.47. The highest BCUT2D eigenvalue weighted by molar-refractivity contribution is 7.92. The molecule has 3 N–H and O–H groups in total. The molecule has 6 heteroatoms. The van der Waals surface area contributed by atoms with Crippen molar-refractivity contribution in [2.24, 2.45) is 5.73 Å². The van der Waals surface area contributed by atoms with Gasteiger partial charge < -0.3 is 5.73 Å². The molecule has 0 saturated carbocycles. The number of aromatic nitrogens is 1. The highest BCUT2D eigenvalue weighted by atomic mass is 32.2. The molecule has 0 spiro atoms. The predicted octanol–water partition coefficient (Wildman–Crippen LogP) is 2.46. The molecule has 21 heavy (non-hydrogen) atoms. The van der Waals surface area contributed by atoms with Gasteiger partial charge in [0.05, 0.1) is 5.69 Å². The van der Waals surface area contributed by atoms with Crippen LogP contribution in [0.2, 0.25) is 0 Å². The first-order chi connectivity index (χ1) is 9.92. The molecule has 0 amide bonds. The number of nitrogens with zero attached hydrogens (tertiary/aromatic N) is 1. The fourth-order valence-corrected chi connectivity index (χ4v) is 2.86. The van der Waals surface area contributed by atoms with Crippen LogP contribution >= 0.6 is 0 Å². The van der Waals surface area contributed by atoms with Gasteiger partial charge >= 0.3 is 0 Å². The number of nitrogens with one attached hydrogen (secondary N) is 1. The summed E-state index contributed by atoms with van der Waals surface area (Å²) in [6.45, 7) is 4.40. The van der Waals surface area contributed by atoms with Crippen LogP contribution in [0.15, 0.2) is 47.5 Å². The molecule has 0 aliphatic carbocycles. The van der Waals surface area contributed by atoms with E-state index in [1.807, 2.05) is 18.2 Å². The van der Waals surface area contributed by atoms with Crippen molar-refractivity contribution in [1.29, 1.82) is 0 Å². The molecule has 0 bridgehead atoms. The Morgan fingerprint density at radius 3 is 2.57 bits per heavy atom. The largest absolute Gasteiger partial charge is 0.325 e. The van der Waals surface area contributed by atoms with Gasteiger partial charge in [-0.15, -0.1) is 0 Å². The SMILES string of the molecule is CC(C)c1cccc(NS(=O)(=O)c2ccc(CN)nc2)c1. The highest BCUT2D eigenvalue weighted by Crippen LogP contribution is 2.21. The fourth-order valence-electron chi connectivity index (χ4n) is 1.87. The van der Waals surface area contributed by atoms with Gasteiger partial charge in [0.25, 0.3) is 10.0 Å².